The molecular weight excluding hydrogens is 436 g/mol. The molecule has 34 heavy (non-hydrogen) atoms. The van der Waals surface area contributed by atoms with Crippen molar-refractivity contribution in [2.75, 3.05) is 26.3 Å². The maximum Gasteiger partial charge on any atom is 0.407 e. The second-order valence-corrected chi connectivity index (χ2v) is 9.79. The molecule has 8 nitrogen and oxygen atoms in total. The van der Waals surface area contributed by atoms with Gasteiger partial charge in [-0.2, -0.15) is 0 Å². The molecule has 2 amide bonds. The van der Waals surface area contributed by atoms with Crippen molar-refractivity contribution in [3.8, 4) is 11.1 Å². The van der Waals surface area contributed by atoms with Crippen LogP contribution < -0.4 is 5.32 Å². The first-order valence-corrected chi connectivity index (χ1v) is 11.5. The molecule has 0 bridgehead atoms. The van der Waals surface area contributed by atoms with Crippen molar-refractivity contribution in [2.24, 2.45) is 0 Å². The van der Waals surface area contributed by atoms with Crippen molar-refractivity contribution in [1.29, 1.82) is 0 Å². The number of likely N-dealkylation sites (tertiary alicyclic amines) is 1. The average molecular weight is 465 g/mol. The maximum atomic E-state index is 12.7. The summed E-state index contributed by atoms with van der Waals surface area (Å²) in [5.41, 5.74) is 3.45. The zero-order chi connectivity index (χ0) is 23.9. The summed E-state index contributed by atoms with van der Waals surface area (Å²) in [6, 6.07) is 16.3. The predicted molar refractivity (Wildman–Crippen MR) is 123 cm³/mol. The van der Waals surface area contributed by atoms with Gasteiger partial charge in [0.05, 0.1) is 25.0 Å². The summed E-state index contributed by atoms with van der Waals surface area (Å²) in [5.74, 6) is -1.12. The van der Waals surface area contributed by atoms with E-state index in [4.69, 9.17) is 14.6 Å². The molecule has 2 aliphatic carbocycles. The first kappa shape index (κ1) is 22.4. The van der Waals surface area contributed by atoms with E-state index in [1.54, 1.807) is 11.8 Å². The van der Waals surface area contributed by atoms with Crippen molar-refractivity contribution in [3.05, 3.63) is 59.7 Å². The third-order valence-electron chi connectivity index (χ3n) is 7.00. The SMILES string of the molecule is CC1(OCC(=O)O)CN(C(=O)CC2(NC(=O)OCC3c4ccccc4-c4ccccc43)CC2)C1. The van der Waals surface area contributed by atoms with Gasteiger partial charge in [-0.05, 0) is 42.0 Å². The number of rotatable bonds is 8. The number of ether oxygens (including phenoxy) is 2. The topological polar surface area (TPSA) is 105 Å². The zero-order valence-corrected chi connectivity index (χ0v) is 19.1. The third kappa shape index (κ3) is 4.37. The van der Waals surface area contributed by atoms with E-state index in [-0.39, 0.29) is 31.5 Å². The summed E-state index contributed by atoms with van der Waals surface area (Å²) >= 11 is 0. The lowest BCUT2D eigenvalue weighted by Crippen LogP contribution is -2.64. The second-order valence-electron chi connectivity index (χ2n) is 9.79. The lowest BCUT2D eigenvalue weighted by molar-refractivity contribution is -0.173. The number of carbonyl (C=O) groups excluding carboxylic acids is 2. The Kier molecular flexibility index (Phi) is 5.56. The molecule has 178 valence electrons. The molecule has 0 radical (unpaired) electrons. The maximum absolute atomic E-state index is 12.7. The molecule has 2 aromatic carbocycles. The molecule has 0 unspecified atom stereocenters. The number of carbonyl (C=O) groups is 3. The Hall–Kier alpha value is -3.39. The Morgan fingerprint density at radius 2 is 1.62 bits per heavy atom. The first-order valence-electron chi connectivity index (χ1n) is 11.5. The van der Waals surface area contributed by atoms with Crippen LogP contribution in [-0.4, -0.2) is 65.4 Å². The lowest BCUT2D eigenvalue weighted by Gasteiger charge is -2.47. The van der Waals surface area contributed by atoms with Crippen LogP contribution in [0.1, 0.15) is 43.2 Å². The Bertz CT molecular complexity index is 1090. The van der Waals surface area contributed by atoms with Gasteiger partial charge in [0, 0.05) is 5.92 Å². The van der Waals surface area contributed by atoms with Crippen LogP contribution in [0.5, 0.6) is 0 Å². The second kappa shape index (κ2) is 8.43. The largest absolute Gasteiger partial charge is 0.480 e. The van der Waals surface area contributed by atoms with Gasteiger partial charge < -0.3 is 24.8 Å². The summed E-state index contributed by atoms with van der Waals surface area (Å²) in [6.45, 7) is 2.34. The molecule has 0 aromatic heterocycles. The molecule has 0 atom stereocenters. The van der Waals surface area contributed by atoms with E-state index in [1.165, 1.54) is 11.1 Å². The summed E-state index contributed by atoms with van der Waals surface area (Å²) < 4.78 is 11.0. The fourth-order valence-electron chi connectivity index (χ4n) is 5.01. The molecule has 3 aliphatic rings. The monoisotopic (exact) mass is 464 g/mol. The molecular formula is C26H28N2O6. The van der Waals surface area contributed by atoms with Crippen molar-refractivity contribution in [2.45, 2.75) is 43.2 Å². The average Bonchev–Trinajstić information content (AvgIpc) is 3.46. The van der Waals surface area contributed by atoms with E-state index in [0.717, 1.165) is 24.0 Å². The van der Waals surface area contributed by atoms with Gasteiger partial charge in [-0.3, -0.25) is 4.79 Å². The Labute approximate surface area is 197 Å². The number of hydrogen-bond acceptors (Lipinski definition) is 5. The number of benzene rings is 2. The van der Waals surface area contributed by atoms with Crippen molar-refractivity contribution >= 4 is 18.0 Å². The normalized spacial score (nSPS) is 18.9. The van der Waals surface area contributed by atoms with Crippen LogP contribution in [0, 0.1) is 0 Å². The molecule has 2 aromatic rings. The highest BCUT2D eigenvalue weighted by Crippen LogP contribution is 2.45. The number of fused-ring (bicyclic) bond motifs is 3. The molecule has 1 saturated heterocycles. The highest BCUT2D eigenvalue weighted by molar-refractivity contribution is 5.81. The van der Waals surface area contributed by atoms with Gasteiger partial charge in [-0.1, -0.05) is 48.5 Å². The molecule has 8 heteroatoms. The van der Waals surface area contributed by atoms with Gasteiger partial charge in [0.1, 0.15) is 18.8 Å². The van der Waals surface area contributed by atoms with Crippen molar-refractivity contribution in [1.82, 2.24) is 10.2 Å². The number of carboxylic acids is 1. The highest BCUT2D eigenvalue weighted by Gasteiger charge is 2.50. The van der Waals surface area contributed by atoms with Crippen LogP contribution in [0.4, 0.5) is 4.79 Å². The summed E-state index contributed by atoms with van der Waals surface area (Å²) in [7, 11) is 0. The van der Waals surface area contributed by atoms with Gasteiger partial charge in [0.25, 0.3) is 0 Å². The number of carboxylic acid groups (broad SMARTS) is 1. The van der Waals surface area contributed by atoms with E-state index < -0.39 is 23.2 Å². The number of alkyl carbamates (subject to hydrolysis) is 1. The minimum absolute atomic E-state index is 0.0143. The first-order chi connectivity index (χ1) is 16.3. The smallest absolute Gasteiger partial charge is 0.407 e. The van der Waals surface area contributed by atoms with Crippen LogP contribution in [0.2, 0.25) is 0 Å². The van der Waals surface area contributed by atoms with Gasteiger partial charge in [-0.15, -0.1) is 0 Å². The van der Waals surface area contributed by atoms with Crippen molar-refractivity contribution in [3.63, 3.8) is 0 Å². The Balaban J connectivity index is 1.13. The number of nitrogens with zero attached hydrogens (tertiary/aromatic N) is 1. The van der Waals surface area contributed by atoms with E-state index in [2.05, 4.69) is 29.6 Å². The minimum atomic E-state index is -1.03. The molecule has 0 spiro atoms. The molecule has 2 fully saturated rings. The predicted octanol–water partition coefficient (Wildman–Crippen LogP) is 3.15. The van der Waals surface area contributed by atoms with E-state index >= 15 is 0 Å². The third-order valence-corrected chi connectivity index (χ3v) is 7.00. The zero-order valence-electron chi connectivity index (χ0n) is 19.1. The van der Waals surface area contributed by atoms with Gasteiger partial charge >= 0.3 is 12.1 Å². The minimum Gasteiger partial charge on any atom is -0.480 e. The Morgan fingerprint density at radius 1 is 1.03 bits per heavy atom. The van der Waals surface area contributed by atoms with E-state index in [1.807, 2.05) is 24.3 Å². The molecule has 1 heterocycles. The fourth-order valence-corrected chi connectivity index (χ4v) is 5.01. The summed E-state index contributed by atoms with van der Waals surface area (Å²) in [4.78, 5) is 37.7. The molecule has 1 saturated carbocycles. The molecule has 5 rings (SSSR count). The quantitative estimate of drug-likeness (QED) is 0.622. The van der Waals surface area contributed by atoms with Gasteiger partial charge in [-0.25, -0.2) is 9.59 Å². The lowest BCUT2D eigenvalue weighted by atomic mass is 9.95. The Morgan fingerprint density at radius 3 is 2.18 bits per heavy atom. The van der Waals surface area contributed by atoms with Crippen LogP contribution >= 0.6 is 0 Å². The number of amides is 2. The molecule has 1 aliphatic heterocycles. The number of hydrogen-bond donors (Lipinski definition) is 2. The van der Waals surface area contributed by atoms with Gasteiger partial charge in [0.2, 0.25) is 5.91 Å². The van der Waals surface area contributed by atoms with E-state index in [0.29, 0.717) is 13.1 Å². The van der Waals surface area contributed by atoms with Crippen LogP contribution in [0.25, 0.3) is 11.1 Å². The number of aliphatic carboxylic acids is 1. The van der Waals surface area contributed by atoms with Crippen LogP contribution in [0.3, 0.4) is 0 Å². The van der Waals surface area contributed by atoms with Crippen molar-refractivity contribution < 1.29 is 29.0 Å². The summed E-state index contributed by atoms with van der Waals surface area (Å²) in [6.07, 6.45) is 1.14. The fraction of sp³-hybridized carbons (Fsp3) is 0.423. The number of nitrogens with one attached hydrogen (secondary N) is 1. The van der Waals surface area contributed by atoms with Gasteiger partial charge in [0.15, 0.2) is 0 Å². The summed E-state index contributed by atoms with van der Waals surface area (Å²) in [5, 5.41) is 11.7. The van der Waals surface area contributed by atoms with Crippen LogP contribution in [-0.2, 0) is 19.1 Å². The molecule has 2 N–H and O–H groups in total. The highest BCUT2D eigenvalue weighted by atomic mass is 16.5. The van der Waals surface area contributed by atoms with Crippen LogP contribution in [0.15, 0.2) is 48.5 Å². The standard InChI is InChI=1S/C26H28N2O6/c1-25(34-14-23(30)31)15-28(16-25)22(29)12-26(10-11-26)27-24(32)33-13-21-19-8-4-2-6-17(19)18-7-3-5-9-20(18)21/h2-9,21H,10-16H2,1H3,(H,27,32)(H,30,31). The van der Waals surface area contributed by atoms with E-state index in [9.17, 15) is 14.4 Å².